The zero-order valence-electron chi connectivity index (χ0n) is 14.0. The number of benzene rings is 1. The lowest BCUT2D eigenvalue weighted by Gasteiger charge is -2.27. The fraction of sp³-hybridized carbons (Fsp3) is 0.526. The summed E-state index contributed by atoms with van der Waals surface area (Å²) in [6, 6.07) is 7.14. The van der Waals surface area contributed by atoms with Gasteiger partial charge in [-0.25, -0.2) is 0 Å². The number of rotatable bonds is 5. The molecule has 5 nitrogen and oxygen atoms in total. The van der Waals surface area contributed by atoms with Crippen molar-refractivity contribution in [3.05, 3.63) is 35.4 Å². The lowest BCUT2D eigenvalue weighted by Crippen LogP contribution is -2.37. The van der Waals surface area contributed by atoms with Gasteiger partial charge in [-0.15, -0.1) is 0 Å². The molecule has 0 aromatic heterocycles. The van der Waals surface area contributed by atoms with Gasteiger partial charge in [-0.2, -0.15) is 0 Å². The summed E-state index contributed by atoms with van der Waals surface area (Å²) in [6.07, 6.45) is 2.76. The van der Waals surface area contributed by atoms with Crippen molar-refractivity contribution in [1.82, 2.24) is 0 Å². The molecule has 0 spiro atoms. The molecule has 5 heteroatoms. The van der Waals surface area contributed by atoms with Crippen LogP contribution in [0.5, 0.6) is 0 Å². The monoisotopic (exact) mass is 330 g/mol. The number of hydrogen-bond donors (Lipinski definition) is 0. The van der Waals surface area contributed by atoms with Crippen LogP contribution in [-0.4, -0.2) is 31.4 Å². The molecule has 2 fully saturated rings. The van der Waals surface area contributed by atoms with Crippen LogP contribution in [0.25, 0.3) is 0 Å². The molecular formula is C19H22O5. The molecule has 0 unspecified atom stereocenters. The highest BCUT2D eigenvalue weighted by Gasteiger charge is 2.55. The normalized spacial score (nSPS) is 27.8. The highest BCUT2D eigenvalue weighted by atomic mass is 16.5. The largest absolute Gasteiger partial charge is 0.469 e. The molecule has 0 saturated heterocycles. The van der Waals surface area contributed by atoms with Crippen LogP contribution in [0.1, 0.15) is 35.2 Å². The maximum Gasteiger partial charge on any atom is 0.310 e. The van der Waals surface area contributed by atoms with Crippen LogP contribution in [-0.2, 0) is 19.1 Å². The van der Waals surface area contributed by atoms with Crippen molar-refractivity contribution in [3.63, 3.8) is 0 Å². The average Bonchev–Trinajstić information content (AvgIpc) is 3.20. The Bertz CT molecular complexity index is 648. The van der Waals surface area contributed by atoms with Crippen molar-refractivity contribution in [3.8, 4) is 0 Å². The Kier molecular flexibility index (Phi) is 4.69. The van der Waals surface area contributed by atoms with E-state index in [-0.39, 0.29) is 30.2 Å². The van der Waals surface area contributed by atoms with Gasteiger partial charge < -0.3 is 9.47 Å². The summed E-state index contributed by atoms with van der Waals surface area (Å²) in [5.74, 6) is -1.54. The molecule has 0 radical (unpaired) electrons. The zero-order chi connectivity index (χ0) is 17.3. The van der Waals surface area contributed by atoms with Crippen LogP contribution < -0.4 is 0 Å². The molecule has 2 bridgehead atoms. The fourth-order valence-corrected chi connectivity index (χ4v) is 4.16. The Morgan fingerprint density at radius 1 is 1.00 bits per heavy atom. The molecule has 2 aliphatic rings. The lowest BCUT2D eigenvalue weighted by atomic mass is 9.79. The van der Waals surface area contributed by atoms with Crippen molar-refractivity contribution in [1.29, 1.82) is 0 Å². The number of hydrogen-bond acceptors (Lipinski definition) is 5. The van der Waals surface area contributed by atoms with Gasteiger partial charge in [0, 0.05) is 5.56 Å². The number of esters is 2. The standard InChI is InChI=1S/C19H22O5/c1-11-3-5-12(6-4-11)15(20)10-24-19(22)17-14-8-7-13(9-14)16(17)18(21)23-2/h3-6,13-14,16-17H,7-10H2,1-2H3/t13-,14-,16+,17-/m0/s1. The van der Waals surface area contributed by atoms with E-state index in [2.05, 4.69) is 0 Å². The molecule has 128 valence electrons. The zero-order valence-corrected chi connectivity index (χ0v) is 14.0. The van der Waals surface area contributed by atoms with E-state index in [1.165, 1.54) is 7.11 Å². The highest BCUT2D eigenvalue weighted by molar-refractivity contribution is 5.98. The minimum atomic E-state index is -0.470. The summed E-state index contributed by atoms with van der Waals surface area (Å²) in [5.41, 5.74) is 1.58. The molecule has 1 aromatic rings. The molecule has 0 amide bonds. The summed E-state index contributed by atoms with van der Waals surface area (Å²) in [4.78, 5) is 36.6. The van der Waals surface area contributed by atoms with Crippen LogP contribution in [0, 0.1) is 30.6 Å². The molecule has 2 saturated carbocycles. The number of fused-ring (bicyclic) bond motifs is 2. The second-order valence-electron chi connectivity index (χ2n) is 6.80. The van der Waals surface area contributed by atoms with Crippen LogP contribution >= 0.6 is 0 Å². The maximum atomic E-state index is 12.5. The van der Waals surface area contributed by atoms with Gasteiger partial charge in [0.05, 0.1) is 18.9 Å². The van der Waals surface area contributed by atoms with Crippen LogP contribution in [0.15, 0.2) is 24.3 Å². The first-order chi connectivity index (χ1) is 11.5. The maximum absolute atomic E-state index is 12.5. The molecule has 0 heterocycles. The van der Waals surface area contributed by atoms with Crippen molar-refractivity contribution >= 4 is 17.7 Å². The van der Waals surface area contributed by atoms with Gasteiger partial charge in [-0.05, 0) is 38.0 Å². The van der Waals surface area contributed by atoms with Gasteiger partial charge in [0.1, 0.15) is 0 Å². The minimum Gasteiger partial charge on any atom is -0.469 e. The first-order valence-electron chi connectivity index (χ1n) is 8.35. The van der Waals surface area contributed by atoms with Gasteiger partial charge in [0.25, 0.3) is 0 Å². The summed E-state index contributed by atoms with van der Waals surface area (Å²) >= 11 is 0. The van der Waals surface area contributed by atoms with Crippen molar-refractivity contribution in [2.75, 3.05) is 13.7 Å². The molecule has 2 aliphatic carbocycles. The van der Waals surface area contributed by atoms with Crippen LogP contribution in [0.3, 0.4) is 0 Å². The summed E-state index contributed by atoms with van der Waals surface area (Å²) in [7, 11) is 1.34. The Labute approximate surface area is 141 Å². The van der Waals surface area contributed by atoms with Gasteiger partial charge >= 0.3 is 11.9 Å². The van der Waals surface area contributed by atoms with Gasteiger partial charge in [0.15, 0.2) is 12.4 Å². The number of methoxy groups -OCH3 is 1. The predicted molar refractivity (Wildman–Crippen MR) is 86.3 cm³/mol. The van der Waals surface area contributed by atoms with Crippen molar-refractivity contribution < 1.29 is 23.9 Å². The van der Waals surface area contributed by atoms with Crippen molar-refractivity contribution in [2.24, 2.45) is 23.7 Å². The van der Waals surface area contributed by atoms with Crippen LogP contribution in [0.2, 0.25) is 0 Å². The second kappa shape index (κ2) is 6.75. The van der Waals surface area contributed by atoms with E-state index >= 15 is 0 Å². The summed E-state index contributed by atoms with van der Waals surface area (Å²) < 4.78 is 10.1. The Balaban J connectivity index is 1.63. The fourth-order valence-electron chi connectivity index (χ4n) is 4.16. The van der Waals surface area contributed by atoms with E-state index in [1.807, 2.05) is 19.1 Å². The highest BCUT2D eigenvalue weighted by Crippen LogP contribution is 2.53. The molecule has 0 N–H and O–H groups in total. The molecule has 4 atom stereocenters. The quantitative estimate of drug-likeness (QED) is 0.613. The first-order valence-corrected chi connectivity index (χ1v) is 8.35. The van der Waals surface area contributed by atoms with E-state index < -0.39 is 17.8 Å². The number of Topliss-reactive ketones (excluding diaryl/α,β-unsaturated/α-hetero) is 1. The first kappa shape index (κ1) is 16.7. The van der Waals surface area contributed by atoms with E-state index in [0.717, 1.165) is 24.8 Å². The van der Waals surface area contributed by atoms with E-state index in [0.29, 0.717) is 5.56 Å². The third-order valence-corrected chi connectivity index (χ3v) is 5.38. The SMILES string of the molecule is COC(=O)[C@@H]1[C@H]2CC[C@@H](C2)[C@@H]1C(=O)OCC(=O)c1ccc(C)cc1. The average molecular weight is 330 g/mol. The Morgan fingerprint density at radius 2 is 1.58 bits per heavy atom. The molecule has 0 aliphatic heterocycles. The van der Waals surface area contributed by atoms with Gasteiger partial charge in [-0.3, -0.25) is 14.4 Å². The number of ether oxygens (including phenoxy) is 2. The Morgan fingerprint density at radius 3 is 2.17 bits per heavy atom. The molecule has 1 aromatic carbocycles. The minimum absolute atomic E-state index is 0.168. The molecule has 24 heavy (non-hydrogen) atoms. The molecular weight excluding hydrogens is 308 g/mol. The third-order valence-electron chi connectivity index (χ3n) is 5.38. The van der Waals surface area contributed by atoms with Crippen LogP contribution in [0.4, 0.5) is 0 Å². The number of carbonyl (C=O) groups excluding carboxylic acids is 3. The lowest BCUT2D eigenvalue weighted by molar-refractivity contribution is -0.161. The van der Waals surface area contributed by atoms with Gasteiger partial charge in [-0.1, -0.05) is 29.8 Å². The van der Waals surface area contributed by atoms with E-state index in [4.69, 9.17) is 9.47 Å². The number of aryl methyl sites for hydroxylation is 1. The molecule has 3 rings (SSSR count). The predicted octanol–water partition coefficient (Wildman–Crippen LogP) is 2.56. The topological polar surface area (TPSA) is 69.7 Å². The number of ketones is 1. The summed E-state index contributed by atoms with van der Waals surface area (Å²) in [6.45, 7) is 1.65. The van der Waals surface area contributed by atoms with E-state index in [1.54, 1.807) is 12.1 Å². The third kappa shape index (κ3) is 3.07. The second-order valence-corrected chi connectivity index (χ2v) is 6.80. The number of carbonyl (C=O) groups is 3. The smallest absolute Gasteiger partial charge is 0.310 e. The van der Waals surface area contributed by atoms with Gasteiger partial charge in [0.2, 0.25) is 0 Å². The summed E-state index contributed by atoms with van der Waals surface area (Å²) in [5, 5.41) is 0. The Hall–Kier alpha value is -2.17. The van der Waals surface area contributed by atoms with E-state index in [9.17, 15) is 14.4 Å². The van der Waals surface area contributed by atoms with Crippen molar-refractivity contribution in [2.45, 2.75) is 26.2 Å².